The molecule has 0 radical (unpaired) electrons. The van der Waals surface area contributed by atoms with E-state index in [2.05, 4.69) is 29.3 Å². The first-order chi connectivity index (χ1) is 10.0. The number of hydrogen-bond acceptors (Lipinski definition) is 5. The molecule has 0 aliphatic carbocycles. The second-order valence-corrected chi connectivity index (χ2v) is 5.30. The average Bonchev–Trinajstić information content (AvgIpc) is 2.83. The molecular formula is C15H20FN3O2. The van der Waals surface area contributed by atoms with Crippen LogP contribution in [0.3, 0.4) is 0 Å². The van der Waals surface area contributed by atoms with Crippen molar-refractivity contribution in [2.45, 2.75) is 33.9 Å². The standard InChI is InChI=1S/C15H20FN3O2/c1-10(2)7-17-8-12-6-13(16)4-5-14(12)20-9-15-18-11(3)19-21-15/h4-6,10,17H,7-9H2,1-3H3. The summed E-state index contributed by atoms with van der Waals surface area (Å²) in [5.41, 5.74) is 0.770. The molecule has 0 saturated carbocycles. The zero-order valence-electron chi connectivity index (χ0n) is 12.5. The molecular weight excluding hydrogens is 273 g/mol. The Bertz CT molecular complexity index is 584. The molecule has 1 aromatic carbocycles. The molecule has 6 heteroatoms. The maximum atomic E-state index is 13.4. The summed E-state index contributed by atoms with van der Waals surface area (Å²) in [6.45, 7) is 7.56. The number of aromatic nitrogens is 2. The smallest absolute Gasteiger partial charge is 0.264 e. The van der Waals surface area contributed by atoms with E-state index in [9.17, 15) is 4.39 Å². The molecule has 0 atom stereocenters. The molecule has 1 N–H and O–H groups in total. The van der Waals surface area contributed by atoms with Crippen LogP contribution in [-0.4, -0.2) is 16.7 Å². The van der Waals surface area contributed by atoms with Crippen LogP contribution in [0.1, 0.15) is 31.1 Å². The Morgan fingerprint density at radius 1 is 1.38 bits per heavy atom. The van der Waals surface area contributed by atoms with E-state index in [0.29, 0.717) is 29.9 Å². The third-order valence-corrected chi connectivity index (χ3v) is 2.81. The van der Waals surface area contributed by atoms with Crippen molar-refractivity contribution in [3.05, 3.63) is 41.3 Å². The van der Waals surface area contributed by atoms with Crippen LogP contribution in [0.5, 0.6) is 5.75 Å². The van der Waals surface area contributed by atoms with Crippen LogP contribution < -0.4 is 10.1 Å². The summed E-state index contributed by atoms with van der Waals surface area (Å²) in [6.07, 6.45) is 0. The van der Waals surface area contributed by atoms with E-state index in [0.717, 1.165) is 12.1 Å². The average molecular weight is 293 g/mol. The van der Waals surface area contributed by atoms with Crippen molar-refractivity contribution in [3.63, 3.8) is 0 Å². The maximum absolute atomic E-state index is 13.4. The maximum Gasteiger partial charge on any atom is 0.264 e. The van der Waals surface area contributed by atoms with Gasteiger partial charge in [0.2, 0.25) is 0 Å². The minimum Gasteiger partial charge on any atom is -0.483 e. The summed E-state index contributed by atoms with van der Waals surface area (Å²) in [5.74, 6) is 1.83. The van der Waals surface area contributed by atoms with Crippen molar-refractivity contribution in [1.82, 2.24) is 15.5 Å². The molecule has 1 aromatic heterocycles. The van der Waals surface area contributed by atoms with Crippen LogP contribution in [-0.2, 0) is 13.2 Å². The lowest BCUT2D eigenvalue weighted by Gasteiger charge is -2.12. The highest BCUT2D eigenvalue weighted by atomic mass is 19.1. The van der Waals surface area contributed by atoms with E-state index >= 15 is 0 Å². The molecule has 0 aliphatic heterocycles. The van der Waals surface area contributed by atoms with Gasteiger partial charge in [-0.2, -0.15) is 4.98 Å². The first kappa shape index (κ1) is 15.4. The van der Waals surface area contributed by atoms with Gasteiger partial charge in [0.25, 0.3) is 5.89 Å². The Morgan fingerprint density at radius 3 is 2.86 bits per heavy atom. The lowest BCUT2D eigenvalue weighted by molar-refractivity contribution is 0.240. The number of nitrogens with zero attached hydrogens (tertiary/aromatic N) is 2. The Kier molecular flexibility index (Phi) is 5.27. The predicted octanol–water partition coefficient (Wildman–Crippen LogP) is 2.84. The molecule has 2 rings (SSSR count). The molecule has 0 bridgehead atoms. The summed E-state index contributed by atoms with van der Waals surface area (Å²) in [6, 6.07) is 4.47. The number of hydrogen-bond donors (Lipinski definition) is 1. The number of nitrogens with one attached hydrogen (secondary N) is 1. The molecule has 114 valence electrons. The van der Waals surface area contributed by atoms with Crippen molar-refractivity contribution in [3.8, 4) is 5.75 Å². The van der Waals surface area contributed by atoms with Gasteiger partial charge in [-0.15, -0.1) is 0 Å². The number of rotatable bonds is 7. The fraction of sp³-hybridized carbons (Fsp3) is 0.467. The number of ether oxygens (including phenoxy) is 1. The van der Waals surface area contributed by atoms with Crippen molar-refractivity contribution >= 4 is 0 Å². The van der Waals surface area contributed by atoms with Gasteiger partial charge in [0, 0.05) is 12.1 Å². The third kappa shape index (κ3) is 4.82. The lowest BCUT2D eigenvalue weighted by atomic mass is 10.1. The molecule has 21 heavy (non-hydrogen) atoms. The van der Waals surface area contributed by atoms with Crippen molar-refractivity contribution in [2.75, 3.05) is 6.54 Å². The molecule has 0 fully saturated rings. The monoisotopic (exact) mass is 293 g/mol. The SMILES string of the molecule is Cc1noc(COc2ccc(F)cc2CNCC(C)C)n1. The first-order valence-electron chi connectivity index (χ1n) is 6.95. The fourth-order valence-corrected chi connectivity index (χ4v) is 1.86. The van der Waals surface area contributed by atoms with Crippen LogP contribution in [0.2, 0.25) is 0 Å². The molecule has 0 spiro atoms. The summed E-state index contributed by atoms with van der Waals surface area (Å²) in [5, 5.41) is 6.97. The first-order valence-corrected chi connectivity index (χ1v) is 6.95. The van der Waals surface area contributed by atoms with Gasteiger partial charge in [0.15, 0.2) is 12.4 Å². The molecule has 0 amide bonds. The van der Waals surface area contributed by atoms with Crippen LogP contribution >= 0.6 is 0 Å². The topological polar surface area (TPSA) is 60.2 Å². The van der Waals surface area contributed by atoms with Gasteiger partial charge < -0.3 is 14.6 Å². The van der Waals surface area contributed by atoms with E-state index in [1.54, 1.807) is 13.0 Å². The van der Waals surface area contributed by atoms with Gasteiger partial charge >= 0.3 is 0 Å². The van der Waals surface area contributed by atoms with Crippen LogP contribution in [0, 0.1) is 18.7 Å². The molecule has 5 nitrogen and oxygen atoms in total. The van der Waals surface area contributed by atoms with Gasteiger partial charge in [-0.1, -0.05) is 19.0 Å². The lowest BCUT2D eigenvalue weighted by Crippen LogP contribution is -2.19. The highest BCUT2D eigenvalue weighted by Gasteiger charge is 2.09. The van der Waals surface area contributed by atoms with Gasteiger partial charge in [0.1, 0.15) is 11.6 Å². The Morgan fingerprint density at radius 2 is 2.19 bits per heavy atom. The van der Waals surface area contributed by atoms with Gasteiger partial charge in [-0.25, -0.2) is 4.39 Å². The van der Waals surface area contributed by atoms with Gasteiger partial charge in [-0.05, 0) is 37.6 Å². The van der Waals surface area contributed by atoms with Crippen molar-refractivity contribution < 1.29 is 13.7 Å². The van der Waals surface area contributed by atoms with Gasteiger partial charge in [0.05, 0.1) is 0 Å². The quantitative estimate of drug-likeness (QED) is 0.850. The zero-order valence-corrected chi connectivity index (χ0v) is 12.5. The van der Waals surface area contributed by atoms with E-state index in [1.165, 1.54) is 12.1 Å². The number of benzene rings is 1. The van der Waals surface area contributed by atoms with Crippen LogP contribution in [0.25, 0.3) is 0 Å². The van der Waals surface area contributed by atoms with Crippen molar-refractivity contribution in [1.29, 1.82) is 0 Å². The number of halogens is 1. The largest absolute Gasteiger partial charge is 0.483 e. The highest BCUT2D eigenvalue weighted by molar-refractivity contribution is 5.34. The highest BCUT2D eigenvalue weighted by Crippen LogP contribution is 2.20. The predicted molar refractivity (Wildman–Crippen MR) is 76.3 cm³/mol. The normalized spacial score (nSPS) is 11.1. The Hall–Kier alpha value is -1.95. The molecule has 2 aromatic rings. The molecule has 1 heterocycles. The molecule has 0 aliphatic rings. The molecule has 0 saturated heterocycles. The van der Waals surface area contributed by atoms with Crippen LogP contribution in [0.15, 0.2) is 22.7 Å². The Balaban J connectivity index is 2.00. The summed E-state index contributed by atoms with van der Waals surface area (Å²) >= 11 is 0. The van der Waals surface area contributed by atoms with Gasteiger partial charge in [-0.3, -0.25) is 0 Å². The second-order valence-electron chi connectivity index (χ2n) is 5.30. The number of aryl methyl sites for hydroxylation is 1. The third-order valence-electron chi connectivity index (χ3n) is 2.81. The van der Waals surface area contributed by atoms with E-state index < -0.39 is 0 Å². The minimum absolute atomic E-state index is 0.170. The summed E-state index contributed by atoms with van der Waals surface area (Å²) in [4.78, 5) is 4.07. The second kappa shape index (κ2) is 7.17. The van der Waals surface area contributed by atoms with Crippen LogP contribution in [0.4, 0.5) is 4.39 Å². The zero-order chi connectivity index (χ0) is 15.2. The van der Waals surface area contributed by atoms with E-state index in [4.69, 9.17) is 9.26 Å². The Labute approximate surface area is 123 Å². The summed E-state index contributed by atoms with van der Waals surface area (Å²) in [7, 11) is 0. The fourth-order valence-electron chi connectivity index (χ4n) is 1.86. The summed E-state index contributed by atoms with van der Waals surface area (Å²) < 4.78 is 24.0. The molecule has 0 unspecified atom stereocenters. The van der Waals surface area contributed by atoms with E-state index in [-0.39, 0.29) is 12.4 Å². The minimum atomic E-state index is -0.280. The van der Waals surface area contributed by atoms with E-state index in [1.807, 2.05) is 0 Å². The van der Waals surface area contributed by atoms with Crippen molar-refractivity contribution in [2.24, 2.45) is 5.92 Å².